The van der Waals surface area contributed by atoms with Crippen molar-refractivity contribution in [3.05, 3.63) is 29.7 Å². The van der Waals surface area contributed by atoms with Crippen molar-refractivity contribution in [2.75, 3.05) is 6.54 Å². The van der Waals surface area contributed by atoms with E-state index < -0.39 is 0 Å². The zero-order valence-electron chi connectivity index (χ0n) is 12.3. The van der Waals surface area contributed by atoms with Gasteiger partial charge >= 0.3 is 0 Å². The summed E-state index contributed by atoms with van der Waals surface area (Å²) in [6, 6.07) is 0.421. The SMILES string of the molecule is CC(C)c1nc(CN2CCC[C@H]2c2cnn(C)c2)no1. The number of hydrogen-bond acceptors (Lipinski definition) is 5. The lowest BCUT2D eigenvalue weighted by Crippen LogP contribution is -2.23. The van der Waals surface area contributed by atoms with Crippen molar-refractivity contribution in [3.63, 3.8) is 0 Å². The van der Waals surface area contributed by atoms with Crippen LogP contribution in [0.5, 0.6) is 0 Å². The van der Waals surface area contributed by atoms with E-state index in [0.29, 0.717) is 6.04 Å². The van der Waals surface area contributed by atoms with Crippen LogP contribution in [-0.4, -0.2) is 31.4 Å². The molecule has 0 saturated carbocycles. The first kappa shape index (κ1) is 13.3. The second kappa shape index (κ2) is 5.36. The third kappa shape index (κ3) is 2.60. The summed E-state index contributed by atoms with van der Waals surface area (Å²) in [5.74, 6) is 1.78. The molecule has 0 radical (unpaired) electrons. The third-order valence-electron chi connectivity index (χ3n) is 3.80. The van der Waals surface area contributed by atoms with Gasteiger partial charge in [0.25, 0.3) is 0 Å². The highest BCUT2D eigenvalue weighted by molar-refractivity contribution is 5.12. The van der Waals surface area contributed by atoms with Crippen LogP contribution in [0.25, 0.3) is 0 Å². The van der Waals surface area contributed by atoms with Crippen LogP contribution >= 0.6 is 0 Å². The van der Waals surface area contributed by atoms with Gasteiger partial charge in [-0.2, -0.15) is 10.1 Å². The minimum Gasteiger partial charge on any atom is -0.339 e. The van der Waals surface area contributed by atoms with Gasteiger partial charge in [0.05, 0.1) is 12.7 Å². The molecule has 20 heavy (non-hydrogen) atoms. The molecule has 0 aliphatic carbocycles. The van der Waals surface area contributed by atoms with Crippen LogP contribution in [0.1, 0.15) is 55.9 Å². The first-order chi connectivity index (χ1) is 9.63. The van der Waals surface area contributed by atoms with Gasteiger partial charge in [-0.15, -0.1) is 0 Å². The van der Waals surface area contributed by atoms with Gasteiger partial charge in [0, 0.05) is 30.8 Å². The van der Waals surface area contributed by atoms with Crippen LogP contribution in [0.2, 0.25) is 0 Å². The Labute approximate surface area is 118 Å². The van der Waals surface area contributed by atoms with E-state index in [-0.39, 0.29) is 5.92 Å². The normalized spacial score (nSPS) is 20.1. The number of aryl methyl sites for hydroxylation is 1. The summed E-state index contributed by atoms with van der Waals surface area (Å²) in [4.78, 5) is 6.87. The molecule has 0 N–H and O–H groups in total. The van der Waals surface area contributed by atoms with E-state index in [9.17, 15) is 0 Å². The maximum Gasteiger partial charge on any atom is 0.229 e. The predicted molar refractivity (Wildman–Crippen MR) is 74.0 cm³/mol. The van der Waals surface area contributed by atoms with Gasteiger partial charge in [0.2, 0.25) is 5.89 Å². The van der Waals surface area contributed by atoms with E-state index in [1.165, 1.54) is 18.4 Å². The Kier molecular flexibility index (Phi) is 3.56. The van der Waals surface area contributed by atoms with Crippen LogP contribution in [0, 0.1) is 0 Å². The fourth-order valence-electron chi connectivity index (χ4n) is 2.75. The van der Waals surface area contributed by atoms with Gasteiger partial charge in [-0.1, -0.05) is 19.0 Å². The second-order valence-electron chi connectivity index (χ2n) is 5.78. The monoisotopic (exact) mass is 275 g/mol. The van der Waals surface area contributed by atoms with Gasteiger partial charge in [-0.05, 0) is 19.4 Å². The van der Waals surface area contributed by atoms with Gasteiger partial charge in [-0.25, -0.2) is 0 Å². The Bertz CT molecular complexity index is 574. The molecule has 2 aromatic rings. The Morgan fingerprint density at radius 3 is 2.95 bits per heavy atom. The molecule has 1 fully saturated rings. The highest BCUT2D eigenvalue weighted by Crippen LogP contribution is 2.32. The van der Waals surface area contributed by atoms with Crippen LogP contribution in [0.15, 0.2) is 16.9 Å². The molecule has 3 rings (SSSR count). The minimum absolute atomic E-state index is 0.281. The maximum atomic E-state index is 5.28. The molecular weight excluding hydrogens is 254 g/mol. The molecule has 0 unspecified atom stereocenters. The zero-order valence-corrected chi connectivity index (χ0v) is 12.3. The van der Waals surface area contributed by atoms with E-state index in [0.717, 1.165) is 24.8 Å². The number of hydrogen-bond donors (Lipinski definition) is 0. The number of rotatable bonds is 4. The molecule has 1 aliphatic rings. The third-order valence-corrected chi connectivity index (χ3v) is 3.80. The van der Waals surface area contributed by atoms with E-state index in [4.69, 9.17) is 4.52 Å². The minimum atomic E-state index is 0.281. The van der Waals surface area contributed by atoms with Crippen molar-refractivity contribution in [1.29, 1.82) is 0 Å². The van der Waals surface area contributed by atoms with Crippen LogP contribution in [-0.2, 0) is 13.6 Å². The van der Waals surface area contributed by atoms with Gasteiger partial charge < -0.3 is 4.52 Å². The molecular formula is C14H21N5O. The summed E-state index contributed by atoms with van der Waals surface area (Å²) in [6.45, 7) is 5.94. The number of aromatic nitrogens is 4. The first-order valence-electron chi connectivity index (χ1n) is 7.18. The number of nitrogens with zero attached hydrogens (tertiary/aromatic N) is 5. The molecule has 6 heteroatoms. The standard InChI is InChI=1S/C14H21N5O/c1-10(2)14-16-13(17-20-14)9-19-6-4-5-12(19)11-7-15-18(3)8-11/h7-8,10,12H,4-6,9H2,1-3H3/t12-/m0/s1. The average Bonchev–Trinajstić information content (AvgIpc) is 3.09. The van der Waals surface area contributed by atoms with Crippen LogP contribution in [0.3, 0.4) is 0 Å². The molecule has 3 heterocycles. The quantitative estimate of drug-likeness (QED) is 0.856. The molecule has 0 bridgehead atoms. The van der Waals surface area contributed by atoms with Crippen molar-refractivity contribution < 1.29 is 4.52 Å². The maximum absolute atomic E-state index is 5.28. The first-order valence-corrected chi connectivity index (χ1v) is 7.18. The van der Waals surface area contributed by atoms with Crippen molar-refractivity contribution in [1.82, 2.24) is 24.8 Å². The van der Waals surface area contributed by atoms with Crippen molar-refractivity contribution in [2.45, 2.75) is 45.2 Å². The molecule has 1 saturated heterocycles. The molecule has 1 aliphatic heterocycles. The molecule has 0 aromatic carbocycles. The smallest absolute Gasteiger partial charge is 0.229 e. The van der Waals surface area contributed by atoms with E-state index in [1.807, 2.05) is 17.9 Å². The molecule has 6 nitrogen and oxygen atoms in total. The molecule has 0 spiro atoms. The zero-order chi connectivity index (χ0) is 14.1. The van der Waals surface area contributed by atoms with Crippen LogP contribution < -0.4 is 0 Å². The molecule has 2 aromatic heterocycles. The van der Waals surface area contributed by atoms with E-state index >= 15 is 0 Å². The Hall–Kier alpha value is -1.69. The van der Waals surface area contributed by atoms with E-state index in [1.54, 1.807) is 0 Å². The Morgan fingerprint density at radius 1 is 1.45 bits per heavy atom. The van der Waals surface area contributed by atoms with Gasteiger partial charge in [0.1, 0.15) is 0 Å². The summed E-state index contributed by atoms with van der Waals surface area (Å²) >= 11 is 0. The lowest BCUT2D eigenvalue weighted by Gasteiger charge is -2.21. The topological polar surface area (TPSA) is 60.0 Å². The lowest BCUT2D eigenvalue weighted by atomic mass is 10.1. The average molecular weight is 275 g/mol. The van der Waals surface area contributed by atoms with Crippen molar-refractivity contribution in [3.8, 4) is 0 Å². The molecule has 1 atom stereocenters. The van der Waals surface area contributed by atoms with Gasteiger partial charge in [0.15, 0.2) is 5.82 Å². The summed E-state index contributed by atoms with van der Waals surface area (Å²) < 4.78 is 7.14. The lowest BCUT2D eigenvalue weighted by molar-refractivity contribution is 0.237. The summed E-state index contributed by atoms with van der Waals surface area (Å²) in [6.07, 6.45) is 6.42. The highest BCUT2D eigenvalue weighted by Gasteiger charge is 2.28. The Balaban J connectivity index is 1.72. The predicted octanol–water partition coefficient (Wildman–Crippen LogP) is 2.26. The van der Waals surface area contributed by atoms with Crippen molar-refractivity contribution in [2.24, 2.45) is 7.05 Å². The molecule has 0 amide bonds. The summed E-state index contributed by atoms with van der Waals surface area (Å²) in [7, 11) is 1.96. The van der Waals surface area contributed by atoms with E-state index in [2.05, 4.69) is 40.2 Å². The van der Waals surface area contributed by atoms with Crippen LogP contribution in [0.4, 0.5) is 0 Å². The molecule has 108 valence electrons. The number of likely N-dealkylation sites (tertiary alicyclic amines) is 1. The summed E-state index contributed by atoms with van der Waals surface area (Å²) in [5, 5.41) is 8.36. The fourth-order valence-corrected chi connectivity index (χ4v) is 2.75. The highest BCUT2D eigenvalue weighted by atomic mass is 16.5. The summed E-state index contributed by atoms with van der Waals surface area (Å²) in [5.41, 5.74) is 1.28. The largest absolute Gasteiger partial charge is 0.339 e. The second-order valence-corrected chi connectivity index (χ2v) is 5.78. The fraction of sp³-hybridized carbons (Fsp3) is 0.643. The Morgan fingerprint density at radius 2 is 2.30 bits per heavy atom. The van der Waals surface area contributed by atoms with Crippen molar-refractivity contribution >= 4 is 0 Å². The van der Waals surface area contributed by atoms with Gasteiger partial charge in [-0.3, -0.25) is 9.58 Å².